The van der Waals surface area contributed by atoms with E-state index in [0.717, 1.165) is 5.69 Å². The molecule has 0 aliphatic heterocycles. The number of anilines is 1. The van der Waals surface area contributed by atoms with E-state index in [0.29, 0.717) is 5.69 Å². The summed E-state index contributed by atoms with van der Waals surface area (Å²) in [4.78, 5) is 26.7. The molecular formula is C13H12ClF2N5O2. The molecule has 0 radical (unpaired) electrons. The second kappa shape index (κ2) is 6.69. The van der Waals surface area contributed by atoms with Crippen molar-refractivity contribution >= 4 is 29.1 Å². The molecule has 122 valence electrons. The zero-order valence-corrected chi connectivity index (χ0v) is 12.6. The molecule has 0 spiro atoms. The molecule has 1 heterocycles. The molecule has 0 fully saturated rings. The van der Waals surface area contributed by atoms with E-state index in [1.807, 2.05) is 5.32 Å². The number of benzene rings is 1. The number of alkyl halides is 3. The quantitative estimate of drug-likeness (QED) is 0.806. The minimum absolute atomic E-state index is 0.428. The van der Waals surface area contributed by atoms with Crippen LogP contribution in [-0.2, 0) is 9.59 Å². The van der Waals surface area contributed by atoms with Gasteiger partial charge >= 0.3 is 11.3 Å². The zero-order chi connectivity index (χ0) is 17.0. The summed E-state index contributed by atoms with van der Waals surface area (Å²) in [5, 5.41) is 4.19. The van der Waals surface area contributed by atoms with Crippen molar-refractivity contribution in [1.82, 2.24) is 20.1 Å². The number of nitrogens with one attached hydrogen (secondary N) is 2. The number of hydrogen-bond donors (Lipinski definition) is 2. The molecule has 0 saturated carbocycles. The summed E-state index contributed by atoms with van der Waals surface area (Å²) in [5.41, 5.74) is 1.15. The van der Waals surface area contributed by atoms with E-state index >= 15 is 0 Å². The van der Waals surface area contributed by atoms with Crippen LogP contribution in [0, 0.1) is 0 Å². The molecule has 1 aromatic carbocycles. The second-order valence-electron chi connectivity index (χ2n) is 4.57. The van der Waals surface area contributed by atoms with Gasteiger partial charge in [-0.3, -0.25) is 9.59 Å². The Bertz CT molecular complexity index is 685. The molecule has 2 aromatic rings. The highest BCUT2D eigenvalue weighted by atomic mass is 35.5. The Labute approximate surface area is 134 Å². The number of aromatic nitrogens is 3. The number of rotatable bonds is 5. The van der Waals surface area contributed by atoms with E-state index < -0.39 is 23.2 Å². The van der Waals surface area contributed by atoms with Crippen molar-refractivity contribution in [2.75, 3.05) is 5.32 Å². The number of halogens is 3. The van der Waals surface area contributed by atoms with Gasteiger partial charge in [-0.25, -0.2) is 9.67 Å². The molecular weight excluding hydrogens is 332 g/mol. The number of amides is 2. The predicted molar refractivity (Wildman–Crippen MR) is 78.4 cm³/mol. The maximum Gasteiger partial charge on any atom is 0.399 e. The summed E-state index contributed by atoms with van der Waals surface area (Å²) in [6, 6.07) is 5.38. The van der Waals surface area contributed by atoms with Gasteiger partial charge in [0.2, 0.25) is 5.91 Å². The molecule has 0 aliphatic carbocycles. The first-order valence-electron chi connectivity index (χ1n) is 6.41. The van der Waals surface area contributed by atoms with Gasteiger partial charge in [-0.1, -0.05) is 0 Å². The van der Waals surface area contributed by atoms with Crippen molar-refractivity contribution in [3.8, 4) is 5.69 Å². The van der Waals surface area contributed by atoms with Crippen LogP contribution in [0.15, 0.2) is 36.9 Å². The molecule has 10 heteroatoms. The summed E-state index contributed by atoms with van der Waals surface area (Å²) in [6.07, 6.45) is 2.89. The fourth-order valence-electron chi connectivity index (χ4n) is 1.63. The average molecular weight is 344 g/mol. The van der Waals surface area contributed by atoms with E-state index in [1.165, 1.54) is 24.3 Å². The minimum Gasteiger partial charge on any atom is -0.338 e. The Hall–Kier alpha value is -2.55. The highest BCUT2D eigenvalue weighted by Gasteiger charge is 2.37. The zero-order valence-electron chi connectivity index (χ0n) is 11.8. The normalized spacial score (nSPS) is 12.5. The summed E-state index contributed by atoms with van der Waals surface area (Å²) in [7, 11) is 0. The Balaban J connectivity index is 1.96. The van der Waals surface area contributed by atoms with Crippen molar-refractivity contribution in [2.45, 2.75) is 18.3 Å². The average Bonchev–Trinajstić information content (AvgIpc) is 3.01. The van der Waals surface area contributed by atoms with Gasteiger partial charge in [0.1, 0.15) is 18.7 Å². The Morgan fingerprint density at radius 1 is 1.30 bits per heavy atom. The number of nitrogens with zero attached hydrogens (tertiary/aromatic N) is 3. The van der Waals surface area contributed by atoms with Crippen molar-refractivity contribution in [3.63, 3.8) is 0 Å². The lowest BCUT2D eigenvalue weighted by molar-refractivity contribution is -0.138. The first kappa shape index (κ1) is 16.8. The van der Waals surface area contributed by atoms with E-state index in [1.54, 1.807) is 24.3 Å². The summed E-state index contributed by atoms with van der Waals surface area (Å²) < 4.78 is 26.6. The van der Waals surface area contributed by atoms with Crippen molar-refractivity contribution in [3.05, 3.63) is 36.9 Å². The topological polar surface area (TPSA) is 88.9 Å². The van der Waals surface area contributed by atoms with Crippen LogP contribution in [0.1, 0.15) is 6.92 Å². The summed E-state index contributed by atoms with van der Waals surface area (Å²) in [5.74, 6) is -2.39. The van der Waals surface area contributed by atoms with Gasteiger partial charge in [0, 0.05) is 5.69 Å². The van der Waals surface area contributed by atoms with Crippen molar-refractivity contribution < 1.29 is 18.4 Å². The predicted octanol–water partition coefficient (Wildman–Crippen LogP) is 1.54. The lowest BCUT2D eigenvalue weighted by atomic mass is 10.2. The van der Waals surface area contributed by atoms with Crippen LogP contribution in [0.5, 0.6) is 0 Å². The van der Waals surface area contributed by atoms with Gasteiger partial charge in [-0.05, 0) is 42.8 Å². The molecule has 1 unspecified atom stereocenters. The molecule has 2 N–H and O–H groups in total. The highest BCUT2D eigenvalue weighted by molar-refractivity contribution is 6.32. The number of hydrogen-bond acceptors (Lipinski definition) is 4. The van der Waals surface area contributed by atoms with Crippen LogP contribution in [-0.4, -0.2) is 38.0 Å². The third-order valence-corrected chi connectivity index (χ3v) is 2.99. The van der Waals surface area contributed by atoms with Gasteiger partial charge in [0.25, 0.3) is 0 Å². The van der Waals surface area contributed by atoms with E-state index in [2.05, 4.69) is 27.0 Å². The number of carbonyl (C=O) groups is 2. The first-order chi connectivity index (χ1) is 10.8. The SMILES string of the molecule is CC(NC(=O)C(F)(F)Cl)C(=O)Nc1ccc(-n2cncn2)cc1. The fourth-order valence-corrected chi connectivity index (χ4v) is 1.69. The minimum atomic E-state index is -4.06. The lowest BCUT2D eigenvalue weighted by Gasteiger charge is -2.16. The van der Waals surface area contributed by atoms with Crippen LogP contribution < -0.4 is 10.6 Å². The van der Waals surface area contributed by atoms with Crippen molar-refractivity contribution in [1.29, 1.82) is 0 Å². The van der Waals surface area contributed by atoms with Gasteiger partial charge in [0.05, 0.1) is 5.69 Å². The Kier molecular flexibility index (Phi) is 4.89. The second-order valence-corrected chi connectivity index (χ2v) is 5.04. The van der Waals surface area contributed by atoms with Crippen LogP contribution in [0.2, 0.25) is 0 Å². The summed E-state index contributed by atoms with van der Waals surface area (Å²) in [6.45, 7) is 1.26. The standard InChI is InChI=1S/C13H12ClF2N5O2/c1-8(19-12(23)13(14,15)16)11(22)20-9-2-4-10(5-3-9)21-7-17-6-18-21/h2-8H,1H3,(H,19,23)(H,20,22). The summed E-state index contributed by atoms with van der Waals surface area (Å²) >= 11 is 4.57. The van der Waals surface area contributed by atoms with Crippen LogP contribution >= 0.6 is 11.6 Å². The molecule has 0 saturated heterocycles. The lowest BCUT2D eigenvalue weighted by Crippen LogP contribution is -2.46. The monoisotopic (exact) mass is 343 g/mol. The third kappa shape index (κ3) is 4.46. The van der Waals surface area contributed by atoms with E-state index in [9.17, 15) is 18.4 Å². The van der Waals surface area contributed by atoms with Gasteiger partial charge in [-0.15, -0.1) is 0 Å². The van der Waals surface area contributed by atoms with Gasteiger partial charge in [0.15, 0.2) is 0 Å². The van der Waals surface area contributed by atoms with Gasteiger partial charge < -0.3 is 10.6 Å². The molecule has 2 amide bonds. The third-order valence-electron chi connectivity index (χ3n) is 2.82. The Morgan fingerprint density at radius 3 is 2.48 bits per heavy atom. The maximum absolute atomic E-state index is 12.6. The van der Waals surface area contributed by atoms with Crippen LogP contribution in [0.3, 0.4) is 0 Å². The molecule has 1 atom stereocenters. The molecule has 1 aromatic heterocycles. The highest BCUT2D eigenvalue weighted by Crippen LogP contribution is 2.18. The van der Waals surface area contributed by atoms with Crippen LogP contribution in [0.25, 0.3) is 5.69 Å². The molecule has 0 bridgehead atoms. The largest absolute Gasteiger partial charge is 0.399 e. The van der Waals surface area contributed by atoms with Crippen molar-refractivity contribution in [2.24, 2.45) is 0 Å². The molecule has 2 rings (SSSR count). The smallest absolute Gasteiger partial charge is 0.338 e. The maximum atomic E-state index is 12.6. The molecule has 7 nitrogen and oxygen atoms in total. The molecule has 23 heavy (non-hydrogen) atoms. The number of carbonyl (C=O) groups excluding carboxylic acids is 2. The van der Waals surface area contributed by atoms with E-state index in [-0.39, 0.29) is 0 Å². The molecule has 0 aliphatic rings. The fraction of sp³-hybridized carbons (Fsp3) is 0.231. The van der Waals surface area contributed by atoms with E-state index in [4.69, 9.17) is 0 Å². The first-order valence-corrected chi connectivity index (χ1v) is 6.79. The Morgan fingerprint density at radius 2 is 1.96 bits per heavy atom. The van der Waals surface area contributed by atoms with Crippen LogP contribution in [0.4, 0.5) is 14.5 Å². The van der Waals surface area contributed by atoms with Gasteiger partial charge in [-0.2, -0.15) is 13.9 Å².